The molecule has 0 radical (unpaired) electrons. The topological polar surface area (TPSA) is 43.7 Å². The Morgan fingerprint density at radius 1 is 0.952 bits per heavy atom. The van der Waals surface area contributed by atoms with Crippen molar-refractivity contribution in [3.05, 3.63) is 35.4 Å². The maximum atomic E-state index is 10.2. The van der Waals surface area contributed by atoms with Crippen LogP contribution in [0.5, 0.6) is 0 Å². The first-order chi connectivity index (χ1) is 10.3. The van der Waals surface area contributed by atoms with E-state index >= 15 is 0 Å². The van der Waals surface area contributed by atoms with Gasteiger partial charge in [-0.3, -0.25) is 4.90 Å². The zero-order valence-corrected chi connectivity index (χ0v) is 12.7. The Hall–Kier alpha value is -0.900. The standard InChI is InChI=1S/C18H27NO2/c20-13-15-9-7-14(8-10-15)12-19-11-2-1-5-17(19)16-4-3-6-18(16)21/h7-10,16-18,20-21H,1-6,11-13H2. The minimum atomic E-state index is -0.0904. The van der Waals surface area contributed by atoms with Gasteiger partial charge in [0.1, 0.15) is 0 Å². The lowest BCUT2D eigenvalue weighted by Crippen LogP contribution is -2.45. The third-order valence-corrected chi connectivity index (χ3v) is 5.28. The highest BCUT2D eigenvalue weighted by atomic mass is 16.3. The smallest absolute Gasteiger partial charge is 0.0681 e. The van der Waals surface area contributed by atoms with Gasteiger partial charge in [-0.1, -0.05) is 37.1 Å². The molecule has 2 aliphatic rings. The fourth-order valence-electron chi connectivity index (χ4n) is 4.10. The van der Waals surface area contributed by atoms with Crippen molar-refractivity contribution in [2.24, 2.45) is 5.92 Å². The summed E-state index contributed by atoms with van der Waals surface area (Å²) >= 11 is 0. The van der Waals surface area contributed by atoms with Crippen molar-refractivity contribution in [2.45, 2.75) is 63.8 Å². The summed E-state index contributed by atoms with van der Waals surface area (Å²) in [6.07, 6.45) is 7.07. The van der Waals surface area contributed by atoms with Crippen LogP contribution in [-0.4, -0.2) is 33.8 Å². The quantitative estimate of drug-likeness (QED) is 0.895. The van der Waals surface area contributed by atoms with E-state index in [9.17, 15) is 5.11 Å². The van der Waals surface area contributed by atoms with E-state index in [1.165, 1.54) is 37.7 Å². The fourth-order valence-corrected chi connectivity index (χ4v) is 4.10. The molecule has 0 bridgehead atoms. The predicted molar refractivity (Wildman–Crippen MR) is 83.8 cm³/mol. The molecule has 1 saturated heterocycles. The molecule has 1 aliphatic carbocycles. The molecule has 3 unspecified atom stereocenters. The van der Waals surface area contributed by atoms with Crippen molar-refractivity contribution in [1.29, 1.82) is 0 Å². The minimum Gasteiger partial charge on any atom is -0.393 e. The van der Waals surface area contributed by atoms with Crippen LogP contribution in [0.25, 0.3) is 0 Å². The number of benzene rings is 1. The Balaban J connectivity index is 1.68. The summed E-state index contributed by atoms with van der Waals surface area (Å²) < 4.78 is 0. The average Bonchev–Trinajstić information content (AvgIpc) is 2.95. The number of rotatable bonds is 4. The lowest BCUT2D eigenvalue weighted by atomic mass is 9.87. The molecule has 3 atom stereocenters. The summed E-state index contributed by atoms with van der Waals surface area (Å²) in [6.45, 7) is 2.23. The number of aliphatic hydroxyl groups is 2. The van der Waals surface area contributed by atoms with Gasteiger partial charge in [0.05, 0.1) is 12.7 Å². The highest BCUT2D eigenvalue weighted by Crippen LogP contribution is 2.35. The van der Waals surface area contributed by atoms with Crippen molar-refractivity contribution in [2.75, 3.05) is 6.54 Å². The van der Waals surface area contributed by atoms with Gasteiger partial charge >= 0.3 is 0 Å². The number of aliphatic hydroxyl groups excluding tert-OH is 2. The van der Waals surface area contributed by atoms with Crippen molar-refractivity contribution in [3.8, 4) is 0 Å². The molecular formula is C18H27NO2. The third kappa shape index (κ3) is 3.47. The molecule has 2 N–H and O–H groups in total. The first kappa shape index (κ1) is 15.0. The van der Waals surface area contributed by atoms with Crippen LogP contribution in [0.3, 0.4) is 0 Å². The van der Waals surface area contributed by atoms with Gasteiger partial charge in [-0.25, -0.2) is 0 Å². The van der Waals surface area contributed by atoms with E-state index in [0.29, 0.717) is 12.0 Å². The van der Waals surface area contributed by atoms with Gasteiger partial charge in [-0.15, -0.1) is 0 Å². The largest absolute Gasteiger partial charge is 0.393 e. The van der Waals surface area contributed by atoms with E-state index < -0.39 is 0 Å². The summed E-state index contributed by atoms with van der Waals surface area (Å²) in [7, 11) is 0. The van der Waals surface area contributed by atoms with Crippen molar-refractivity contribution >= 4 is 0 Å². The number of hydrogen-bond donors (Lipinski definition) is 2. The second-order valence-corrected chi connectivity index (χ2v) is 6.67. The lowest BCUT2D eigenvalue weighted by molar-refractivity contribution is 0.0313. The minimum absolute atomic E-state index is 0.0904. The molecule has 3 heteroatoms. The van der Waals surface area contributed by atoms with Crippen LogP contribution >= 0.6 is 0 Å². The third-order valence-electron chi connectivity index (χ3n) is 5.28. The van der Waals surface area contributed by atoms with Gasteiger partial charge in [0.15, 0.2) is 0 Å². The van der Waals surface area contributed by atoms with Gasteiger partial charge in [0.2, 0.25) is 0 Å². The van der Waals surface area contributed by atoms with Crippen LogP contribution in [0.15, 0.2) is 24.3 Å². The Labute approximate surface area is 127 Å². The molecule has 1 heterocycles. The van der Waals surface area contributed by atoms with Crippen LogP contribution in [0.2, 0.25) is 0 Å². The highest BCUT2D eigenvalue weighted by molar-refractivity contribution is 5.22. The Morgan fingerprint density at radius 2 is 1.71 bits per heavy atom. The summed E-state index contributed by atoms with van der Waals surface area (Å²) in [5.41, 5.74) is 2.28. The summed E-state index contributed by atoms with van der Waals surface area (Å²) in [5.74, 6) is 0.474. The van der Waals surface area contributed by atoms with Gasteiger partial charge < -0.3 is 10.2 Å². The van der Waals surface area contributed by atoms with Crippen LogP contribution in [0.4, 0.5) is 0 Å². The molecule has 3 rings (SSSR count). The van der Waals surface area contributed by atoms with E-state index in [4.69, 9.17) is 5.11 Å². The molecule has 0 aromatic heterocycles. The maximum absolute atomic E-state index is 10.2. The zero-order valence-electron chi connectivity index (χ0n) is 12.7. The van der Waals surface area contributed by atoms with Crippen LogP contribution in [0, 0.1) is 5.92 Å². The maximum Gasteiger partial charge on any atom is 0.0681 e. The summed E-state index contributed by atoms with van der Waals surface area (Å²) in [4.78, 5) is 2.58. The number of likely N-dealkylation sites (tertiary alicyclic amines) is 1. The monoisotopic (exact) mass is 289 g/mol. The number of nitrogens with zero attached hydrogens (tertiary/aromatic N) is 1. The molecule has 2 fully saturated rings. The van der Waals surface area contributed by atoms with E-state index in [2.05, 4.69) is 17.0 Å². The van der Waals surface area contributed by atoms with Gasteiger partial charge in [0, 0.05) is 18.5 Å². The lowest BCUT2D eigenvalue weighted by Gasteiger charge is -2.40. The Kier molecular flexibility index (Phi) is 4.94. The molecule has 1 aromatic carbocycles. The van der Waals surface area contributed by atoms with E-state index in [1.54, 1.807) is 0 Å². The fraction of sp³-hybridized carbons (Fsp3) is 0.667. The summed E-state index contributed by atoms with van der Waals surface area (Å²) in [6, 6.07) is 8.83. The highest BCUT2D eigenvalue weighted by Gasteiger charge is 2.36. The van der Waals surface area contributed by atoms with E-state index in [-0.39, 0.29) is 12.7 Å². The molecule has 1 aromatic rings. The Bertz CT molecular complexity index is 445. The predicted octanol–water partition coefficient (Wildman–Crippen LogP) is 2.69. The molecule has 3 nitrogen and oxygen atoms in total. The zero-order chi connectivity index (χ0) is 14.7. The average molecular weight is 289 g/mol. The van der Waals surface area contributed by atoms with Gasteiger partial charge in [-0.05, 0) is 43.4 Å². The molecule has 1 saturated carbocycles. The second kappa shape index (κ2) is 6.91. The van der Waals surface area contributed by atoms with Crippen LogP contribution < -0.4 is 0 Å². The second-order valence-electron chi connectivity index (χ2n) is 6.67. The number of piperidine rings is 1. The molecule has 21 heavy (non-hydrogen) atoms. The van der Waals surface area contributed by atoms with Gasteiger partial charge in [0.25, 0.3) is 0 Å². The van der Waals surface area contributed by atoms with Crippen molar-refractivity contribution in [3.63, 3.8) is 0 Å². The van der Waals surface area contributed by atoms with Crippen molar-refractivity contribution < 1.29 is 10.2 Å². The molecule has 0 spiro atoms. The molecule has 1 aliphatic heterocycles. The molecule has 0 amide bonds. The van der Waals surface area contributed by atoms with Gasteiger partial charge in [-0.2, -0.15) is 0 Å². The SMILES string of the molecule is OCc1ccc(CN2CCCCC2C2CCCC2O)cc1. The first-order valence-electron chi connectivity index (χ1n) is 8.38. The van der Waals surface area contributed by atoms with Crippen LogP contribution in [0.1, 0.15) is 49.7 Å². The molecule has 116 valence electrons. The first-order valence-corrected chi connectivity index (χ1v) is 8.38. The van der Waals surface area contributed by atoms with E-state index in [1.807, 2.05) is 12.1 Å². The van der Waals surface area contributed by atoms with Crippen LogP contribution in [-0.2, 0) is 13.2 Å². The number of hydrogen-bond acceptors (Lipinski definition) is 3. The summed E-state index contributed by atoms with van der Waals surface area (Å²) in [5, 5.41) is 19.4. The molecular weight excluding hydrogens is 262 g/mol. The van der Waals surface area contributed by atoms with E-state index in [0.717, 1.165) is 25.1 Å². The van der Waals surface area contributed by atoms with Crippen molar-refractivity contribution in [1.82, 2.24) is 4.90 Å². The Morgan fingerprint density at radius 3 is 2.38 bits per heavy atom. The normalized spacial score (nSPS) is 30.7.